The summed E-state index contributed by atoms with van der Waals surface area (Å²) in [7, 11) is -4.48. The topological polar surface area (TPSA) is 94.1 Å². The minimum atomic E-state index is -4.48. The second kappa shape index (κ2) is 2.98. The lowest BCUT2D eigenvalue weighted by molar-refractivity contribution is -0.371. The van der Waals surface area contributed by atoms with Gasteiger partial charge in [0.25, 0.3) is 0 Å². The highest BCUT2D eigenvalue weighted by Crippen LogP contribution is 1.80. The highest BCUT2D eigenvalue weighted by molar-refractivity contribution is 7.80. The van der Waals surface area contributed by atoms with Crippen LogP contribution in [0.3, 0.4) is 0 Å². The quantitative estimate of drug-likeness (QED) is 0.353. The molecule has 0 saturated carbocycles. The van der Waals surface area contributed by atoms with E-state index >= 15 is 0 Å². The van der Waals surface area contributed by atoms with E-state index in [-0.39, 0.29) is 13.2 Å². The Bertz CT molecular complexity index is 138. The minimum Gasteiger partial charge on any atom is -0.726 e. The van der Waals surface area contributed by atoms with Crippen LogP contribution in [0.4, 0.5) is 0 Å². The van der Waals surface area contributed by atoms with Crippen LogP contribution in [0.15, 0.2) is 0 Å². The Morgan fingerprint density at radius 3 is 2.25 bits per heavy atom. The average molecular weight is 141 g/mol. The molecule has 5 nitrogen and oxygen atoms in total. The van der Waals surface area contributed by atoms with Crippen molar-refractivity contribution in [2.24, 2.45) is 0 Å². The lowest BCUT2D eigenvalue weighted by Crippen LogP contribution is -2.52. The van der Waals surface area contributed by atoms with Gasteiger partial charge in [0.15, 0.2) is 0 Å². The van der Waals surface area contributed by atoms with E-state index < -0.39 is 10.4 Å². The van der Waals surface area contributed by atoms with Crippen molar-refractivity contribution in [3.05, 3.63) is 0 Å². The van der Waals surface area contributed by atoms with E-state index in [1.807, 2.05) is 0 Å². The molecule has 6 heteroatoms. The molecule has 0 atom stereocenters. The first-order valence-corrected chi connectivity index (χ1v) is 3.29. The third kappa shape index (κ3) is 5.83. The molecule has 0 aliphatic heterocycles. The zero-order valence-corrected chi connectivity index (χ0v) is 4.98. The van der Waals surface area contributed by atoms with Crippen molar-refractivity contribution < 1.29 is 22.9 Å². The van der Waals surface area contributed by atoms with Crippen LogP contribution in [0.1, 0.15) is 0 Å². The number of hydrogen-bond acceptors (Lipinski definition) is 4. The summed E-state index contributed by atoms with van der Waals surface area (Å²) in [4.78, 5) is 0. The molecule has 0 spiro atoms. The van der Waals surface area contributed by atoms with Crippen molar-refractivity contribution in [1.82, 2.24) is 0 Å². The van der Waals surface area contributed by atoms with E-state index in [9.17, 15) is 13.0 Å². The third-order valence-corrected chi connectivity index (χ3v) is 0.827. The molecule has 0 aromatic heterocycles. The molecular weight excluding hydrogens is 134 g/mol. The molecule has 8 heavy (non-hydrogen) atoms. The molecule has 0 rings (SSSR count). The maximum atomic E-state index is 9.58. The maximum absolute atomic E-state index is 9.58. The highest BCUT2D eigenvalue weighted by Gasteiger charge is 1.90. The largest absolute Gasteiger partial charge is 0.726 e. The molecule has 0 bridgehead atoms. The van der Waals surface area contributed by atoms with E-state index in [0.29, 0.717) is 0 Å². The molecule has 0 unspecified atom stereocenters. The van der Waals surface area contributed by atoms with Crippen molar-refractivity contribution >= 4 is 10.4 Å². The van der Waals surface area contributed by atoms with E-state index in [0.717, 1.165) is 0 Å². The summed E-state index contributed by atoms with van der Waals surface area (Å²) >= 11 is 0. The molecule has 0 aromatic carbocycles. The smallest absolute Gasteiger partial charge is 0.217 e. The van der Waals surface area contributed by atoms with Crippen molar-refractivity contribution in [3.63, 3.8) is 0 Å². The SMILES string of the molecule is [NH3+]CCOS(=O)(=O)[O-]. The summed E-state index contributed by atoms with van der Waals surface area (Å²) in [6, 6.07) is 0. The second-order valence-electron chi connectivity index (χ2n) is 1.08. The number of rotatable bonds is 3. The molecule has 0 saturated heterocycles. The second-order valence-corrected chi connectivity index (χ2v) is 2.14. The van der Waals surface area contributed by atoms with Gasteiger partial charge in [-0.3, -0.25) is 4.18 Å². The van der Waals surface area contributed by atoms with Gasteiger partial charge in [-0.15, -0.1) is 0 Å². The summed E-state index contributed by atoms with van der Waals surface area (Å²) in [5.41, 5.74) is 3.26. The Labute approximate surface area is 47.4 Å². The number of quaternary nitrogens is 1. The lowest BCUT2D eigenvalue weighted by Gasteiger charge is -2.03. The fourth-order valence-corrected chi connectivity index (χ4v) is 0.483. The fourth-order valence-electron chi connectivity index (χ4n) is 0.161. The van der Waals surface area contributed by atoms with Gasteiger partial charge in [-0.1, -0.05) is 0 Å². The van der Waals surface area contributed by atoms with Gasteiger partial charge >= 0.3 is 0 Å². The van der Waals surface area contributed by atoms with Gasteiger partial charge in [-0.25, -0.2) is 8.42 Å². The van der Waals surface area contributed by atoms with Crippen LogP contribution in [0.2, 0.25) is 0 Å². The standard InChI is InChI=1S/C2H7NO4S/c3-1-2-7-8(4,5)6/h1-3H2,(H,4,5,6). The van der Waals surface area contributed by atoms with Crippen molar-refractivity contribution in [1.29, 1.82) is 0 Å². The van der Waals surface area contributed by atoms with Gasteiger partial charge in [0.2, 0.25) is 10.4 Å². The first-order valence-electron chi connectivity index (χ1n) is 1.96. The highest BCUT2D eigenvalue weighted by atomic mass is 32.3. The van der Waals surface area contributed by atoms with Gasteiger partial charge in [-0.2, -0.15) is 0 Å². The Hall–Kier alpha value is -0.170. The van der Waals surface area contributed by atoms with Crippen LogP contribution in [0.5, 0.6) is 0 Å². The molecule has 0 radical (unpaired) electrons. The molecule has 0 aromatic rings. The van der Waals surface area contributed by atoms with Gasteiger partial charge < -0.3 is 10.3 Å². The molecule has 50 valence electrons. The van der Waals surface area contributed by atoms with E-state index in [2.05, 4.69) is 9.92 Å². The predicted molar refractivity (Wildman–Crippen MR) is 23.4 cm³/mol. The predicted octanol–water partition coefficient (Wildman–Crippen LogP) is -2.29. The van der Waals surface area contributed by atoms with E-state index in [1.165, 1.54) is 0 Å². The zero-order chi connectivity index (χ0) is 6.62. The Morgan fingerprint density at radius 2 is 2.12 bits per heavy atom. The monoisotopic (exact) mass is 141 g/mol. The minimum absolute atomic E-state index is 0.133. The Kier molecular flexibility index (Phi) is 2.91. The molecule has 0 amide bonds. The van der Waals surface area contributed by atoms with Crippen molar-refractivity contribution in [2.75, 3.05) is 13.2 Å². The molecule has 3 N–H and O–H groups in total. The van der Waals surface area contributed by atoms with Gasteiger partial charge in [0.1, 0.15) is 6.61 Å². The summed E-state index contributed by atoms with van der Waals surface area (Å²) < 4.78 is 32.5. The third-order valence-electron chi connectivity index (χ3n) is 0.372. The average Bonchev–Trinajstić information content (AvgIpc) is 1.59. The Balaban J connectivity index is 3.42. The molecule has 0 heterocycles. The summed E-state index contributed by atoms with van der Waals surface area (Å²) in [5, 5.41) is 0. The van der Waals surface area contributed by atoms with Crippen LogP contribution in [-0.2, 0) is 14.6 Å². The molecule has 0 fully saturated rings. The van der Waals surface area contributed by atoms with E-state index in [1.54, 1.807) is 0 Å². The summed E-state index contributed by atoms with van der Waals surface area (Å²) in [6.07, 6.45) is 0. The first kappa shape index (κ1) is 7.83. The van der Waals surface area contributed by atoms with Crippen LogP contribution < -0.4 is 5.73 Å². The van der Waals surface area contributed by atoms with Crippen LogP contribution in [0.25, 0.3) is 0 Å². The van der Waals surface area contributed by atoms with E-state index in [4.69, 9.17) is 0 Å². The normalized spacial score (nSPS) is 11.8. The maximum Gasteiger partial charge on any atom is 0.217 e. The molecule has 0 aliphatic rings. The fraction of sp³-hybridized carbons (Fsp3) is 1.00. The van der Waals surface area contributed by atoms with Crippen LogP contribution in [-0.4, -0.2) is 26.1 Å². The van der Waals surface area contributed by atoms with Gasteiger partial charge in [0.05, 0.1) is 6.54 Å². The number of hydrogen-bond donors (Lipinski definition) is 1. The molecular formula is C2H7NO4S. The summed E-state index contributed by atoms with van der Waals surface area (Å²) in [5.74, 6) is 0. The zero-order valence-electron chi connectivity index (χ0n) is 4.16. The molecule has 0 aliphatic carbocycles. The van der Waals surface area contributed by atoms with Gasteiger partial charge in [-0.05, 0) is 0 Å². The van der Waals surface area contributed by atoms with Crippen molar-refractivity contribution in [2.45, 2.75) is 0 Å². The van der Waals surface area contributed by atoms with Crippen LogP contribution in [0, 0.1) is 0 Å². The van der Waals surface area contributed by atoms with Gasteiger partial charge in [0, 0.05) is 0 Å². The van der Waals surface area contributed by atoms with Crippen molar-refractivity contribution in [3.8, 4) is 0 Å². The Morgan fingerprint density at radius 1 is 1.62 bits per heavy atom. The summed E-state index contributed by atoms with van der Waals surface area (Å²) in [6.45, 7) is 0.146. The first-order chi connectivity index (χ1) is 3.56. The lowest BCUT2D eigenvalue weighted by atomic mass is 10.8. The van der Waals surface area contributed by atoms with Crippen LogP contribution >= 0.6 is 0 Å².